The van der Waals surface area contributed by atoms with Crippen molar-refractivity contribution in [1.29, 1.82) is 4.78 Å². The number of anilines is 1. The number of piperazine rings is 1. The highest BCUT2D eigenvalue weighted by Crippen LogP contribution is 2.25. The molecule has 0 radical (unpaired) electrons. The zero-order valence-electron chi connectivity index (χ0n) is 18.6. The molecule has 0 spiro atoms. The molecule has 4 rings (SSSR count). The van der Waals surface area contributed by atoms with Gasteiger partial charge < -0.3 is 14.5 Å². The van der Waals surface area contributed by atoms with E-state index in [-0.39, 0.29) is 5.75 Å². The van der Waals surface area contributed by atoms with Crippen LogP contribution < -0.4 is 9.64 Å². The number of aromatic nitrogens is 2. The number of nitrogens with zero attached hydrogens (tertiary/aromatic N) is 5. The van der Waals surface area contributed by atoms with Gasteiger partial charge >= 0.3 is 6.36 Å². The lowest BCUT2D eigenvalue weighted by molar-refractivity contribution is -0.274. The van der Waals surface area contributed by atoms with Crippen molar-refractivity contribution in [3.63, 3.8) is 0 Å². The van der Waals surface area contributed by atoms with Gasteiger partial charge in [-0.15, -0.1) is 13.2 Å². The minimum Gasteiger partial charge on any atom is -0.406 e. The predicted octanol–water partition coefficient (Wildman–Crippen LogP) is 2.56. The minimum absolute atomic E-state index is 0.259. The minimum atomic E-state index is -4.71. The molecule has 12 heteroatoms. The van der Waals surface area contributed by atoms with Crippen LogP contribution in [0.2, 0.25) is 0 Å². The number of rotatable bonds is 6. The van der Waals surface area contributed by atoms with Crippen molar-refractivity contribution in [2.24, 2.45) is 0 Å². The normalized spacial score (nSPS) is 20.2. The van der Waals surface area contributed by atoms with Gasteiger partial charge in [-0.1, -0.05) is 0 Å². The van der Waals surface area contributed by atoms with Crippen molar-refractivity contribution in [3.05, 3.63) is 36.0 Å². The van der Waals surface area contributed by atoms with E-state index in [1.807, 2.05) is 13.0 Å². The van der Waals surface area contributed by atoms with Crippen LogP contribution in [0.15, 0.2) is 30.3 Å². The second-order valence-electron chi connectivity index (χ2n) is 8.49. The molecule has 0 bridgehead atoms. The number of hydrogen-bond acceptors (Lipinski definition) is 7. The van der Waals surface area contributed by atoms with Gasteiger partial charge in [0, 0.05) is 85.4 Å². The maximum absolute atomic E-state index is 12.4. The van der Waals surface area contributed by atoms with Gasteiger partial charge in [-0.05, 0) is 31.2 Å². The van der Waals surface area contributed by atoms with E-state index >= 15 is 0 Å². The molecule has 182 valence electrons. The number of halogens is 3. The highest BCUT2D eigenvalue weighted by atomic mass is 32.2. The largest absolute Gasteiger partial charge is 0.573 e. The molecule has 2 saturated heterocycles. The number of alkyl halides is 3. The molecule has 1 aromatic heterocycles. The van der Waals surface area contributed by atoms with Crippen LogP contribution in [-0.4, -0.2) is 94.0 Å². The second-order valence-corrected chi connectivity index (χ2v) is 10.9. The number of benzene rings is 1. The Morgan fingerprint density at radius 3 is 2.15 bits per heavy atom. The molecule has 8 nitrogen and oxygen atoms in total. The summed E-state index contributed by atoms with van der Waals surface area (Å²) in [7, 11) is -2.35. The van der Waals surface area contributed by atoms with E-state index in [4.69, 9.17) is 4.78 Å². The van der Waals surface area contributed by atoms with Crippen LogP contribution >= 0.6 is 0 Å². The van der Waals surface area contributed by atoms with E-state index in [0.717, 1.165) is 63.9 Å². The molecule has 0 unspecified atom stereocenters. The smallest absolute Gasteiger partial charge is 0.406 e. The van der Waals surface area contributed by atoms with Gasteiger partial charge in [0.2, 0.25) is 0 Å². The Bertz CT molecular complexity index is 1030. The highest BCUT2D eigenvalue weighted by molar-refractivity contribution is 7.92. The van der Waals surface area contributed by atoms with Gasteiger partial charge in [-0.25, -0.2) is 8.89 Å². The molecule has 2 aliphatic heterocycles. The molecule has 1 N–H and O–H groups in total. The van der Waals surface area contributed by atoms with Gasteiger partial charge in [-0.2, -0.15) is 5.10 Å². The average molecular weight is 487 g/mol. The molecular formula is C21H29F3N6O2S. The van der Waals surface area contributed by atoms with E-state index in [2.05, 4.69) is 24.5 Å². The molecule has 0 saturated carbocycles. The lowest BCUT2D eigenvalue weighted by Crippen LogP contribution is -2.50. The van der Waals surface area contributed by atoms with Crippen LogP contribution in [0.5, 0.6) is 5.75 Å². The van der Waals surface area contributed by atoms with Crippen molar-refractivity contribution in [2.45, 2.75) is 13.3 Å². The molecule has 33 heavy (non-hydrogen) atoms. The van der Waals surface area contributed by atoms with E-state index in [1.54, 1.807) is 16.8 Å². The third kappa shape index (κ3) is 6.39. The zero-order valence-corrected chi connectivity index (χ0v) is 19.4. The predicted molar refractivity (Wildman–Crippen MR) is 121 cm³/mol. The van der Waals surface area contributed by atoms with E-state index in [1.165, 1.54) is 12.1 Å². The van der Waals surface area contributed by atoms with E-state index < -0.39 is 16.1 Å². The summed E-state index contributed by atoms with van der Waals surface area (Å²) in [5.41, 5.74) is 1.57. The Balaban J connectivity index is 1.29. The van der Waals surface area contributed by atoms with Crippen LogP contribution in [0, 0.1) is 11.7 Å². The molecule has 0 amide bonds. The summed E-state index contributed by atoms with van der Waals surface area (Å²) in [5, 5.41) is 4.67. The van der Waals surface area contributed by atoms with Gasteiger partial charge in [0.1, 0.15) is 5.75 Å². The third-order valence-corrected chi connectivity index (χ3v) is 7.78. The first-order valence-corrected chi connectivity index (χ1v) is 12.8. The molecule has 1 aromatic carbocycles. The first-order chi connectivity index (χ1) is 15.6. The maximum Gasteiger partial charge on any atom is 0.573 e. The second kappa shape index (κ2) is 9.51. The topological polar surface area (TPSA) is 77.7 Å². The van der Waals surface area contributed by atoms with Crippen molar-refractivity contribution < 1.29 is 22.1 Å². The van der Waals surface area contributed by atoms with Crippen LogP contribution in [0.4, 0.5) is 19.0 Å². The van der Waals surface area contributed by atoms with E-state index in [9.17, 15) is 17.4 Å². The number of ether oxygens (including phenoxy) is 1. The molecule has 0 aliphatic carbocycles. The summed E-state index contributed by atoms with van der Waals surface area (Å²) < 4.78 is 62.2. The first kappa shape index (κ1) is 23.8. The summed E-state index contributed by atoms with van der Waals surface area (Å²) in [6, 6.07) is 7.67. The summed E-state index contributed by atoms with van der Waals surface area (Å²) in [6.07, 6.45) is -4.71. The summed E-state index contributed by atoms with van der Waals surface area (Å²) >= 11 is 0. The van der Waals surface area contributed by atoms with Crippen molar-refractivity contribution >= 4 is 15.5 Å². The lowest BCUT2D eigenvalue weighted by atomic mass is 10.3. The highest BCUT2D eigenvalue weighted by Gasteiger charge is 2.31. The maximum atomic E-state index is 12.4. The van der Waals surface area contributed by atoms with Crippen LogP contribution in [0.3, 0.4) is 0 Å². The standard InChI is InChI=1S/C21H29F3N6O2S/c1-17-16-20(26-30(17)18-2-4-19(5-3-18)32-21(22,23)24)29-10-8-27(9-11-29)6-7-28-12-14-33(25,31)15-13-28/h2-5,16,25H,6-15H2,1H3. The Morgan fingerprint density at radius 1 is 1.00 bits per heavy atom. The van der Waals surface area contributed by atoms with Crippen molar-refractivity contribution in [2.75, 3.05) is 68.8 Å². The Labute approximate surface area is 191 Å². The fourth-order valence-electron chi connectivity index (χ4n) is 4.14. The van der Waals surface area contributed by atoms with Crippen LogP contribution in [-0.2, 0) is 9.73 Å². The quantitative estimate of drug-likeness (QED) is 0.677. The number of nitrogens with one attached hydrogen (secondary N) is 1. The van der Waals surface area contributed by atoms with Gasteiger partial charge in [-0.3, -0.25) is 9.68 Å². The molecular weight excluding hydrogens is 457 g/mol. The molecule has 0 atom stereocenters. The van der Waals surface area contributed by atoms with E-state index in [0.29, 0.717) is 17.2 Å². The first-order valence-electron chi connectivity index (χ1n) is 10.9. The van der Waals surface area contributed by atoms with Gasteiger partial charge in [0.15, 0.2) is 5.82 Å². The van der Waals surface area contributed by atoms with Crippen LogP contribution in [0.1, 0.15) is 5.69 Å². The summed E-state index contributed by atoms with van der Waals surface area (Å²) in [5.74, 6) is 1.54. The Hall–Kier alpha value is -2.31. The fourth-order valence-corrected chi connectivity index (χ4v) is 5.45. The summed E-state index contributed by atoms with van der Waals surface area (Å²) in [4.78, 5) is 6.92. The monoisotopic (exact) mass is 486 g/mol. The molecule has 2 fully saturated rings. The SMILES string of the molecule is Cc1cc(N2CCN(CCN3CCS(=N)(=O)CC3)CC2)nn1-c1ccc(OC(F)(F)F)cc1. The number of aryl methyl sites for hydroxylation is 1. The molecule has 2 aliphatic rings. The van der Waals surface area contributed by atoms with Gasteiger partial charge in [0.05, 0.1) is 5.69 Å². The number of hydrogen-bond donors (Lipinski definition) is 1. The average Bonchev–Trinajstić information content (AvgIpc) is 3.14. The van der Waals surface area contributed by atoms with Crippen LogP contribution in [0.25, 0.3) is 5.69 Å². The fraction of sp³-hybridized carbons (Fsp3) is 0.571. The summed E-state index contributed by atoms with van der Waals surface area (Å²) in [6.45, 7) is 8.79. The lowest BCUT2D eigenvalue weighted by Gasteiger charge is -2.36. The Kier molecular flexibility index (Phi) is 6.87. The zero-order chi connectivity index (χ0) is 23.6. The molecule has 2 aromatic rings. The molecule has 3 heterocycles. The third-order valence-electron chi connectivity index (χ3n) is 6.09. The van der Waals surface area contributed by atoms with Gasteiger partial charge in [0.25, 0.3) is 0 Å². The van der Waals surface area contributed by atoms with Crippen molar-refractivity contribution in [1.82, 2.24) is 19.6 Å². The van der Waals surface area contributed by atoms with Crippen molar-refractivity contribution in [3.8, 4) is 11.4 Å². The Morgan fingerprint density at radius 2 is 1.58 bits per heavy atom.